The monoisotopic (exact) mass is 292 g/mol. The second kappa shape index (κ2) is 6.70. The Bertz CT molecular complexity index is 476. The zero-order valence-electron chi connectivity index (χ0n) is 11.0. The Hall–Kier alpha value is -1.37. The molecule has 0 saturated carbocycles. The minimum atomic E-state index is -3.75. The highest BCUT2D eigenvalue weighted by atomic mass is 31.2. The van der Waals surface area contributed by atoms with Crippen LogP contribution in [0.15, 0.2) is 4.52 Å². The van der Waals surface area contributed by atoms with Gasteiger partial charge in [0.1, 0.15) is 0 Å². The van der Waals surface area contributed by atoms with Crippen molar-refractivity contribution in [3.63, 3.8) is 0 Å². The van der Waals surface area contributed by atoms with Gasteiger partial charge in [0.15, 0.2) is 5.56 Å². The Labute approximate surface area is 110 Å². The molecule has 0 aliphatic heterocycles. The van der Waals surface area contributed by atoms with Crippen LogP contribution < -0.4 is 11.2 Å². The Morgan fingerprint density at radius 1 is 1.26 bits per heavy atom. The number of hydrogen-bond acceptors (Lipinski definition) is 8. The Morgan fingerprint density at radius 2 is 1.84 bits per heavy atom. The van der Waals surface area contributed by atoms with Crippen molar-refractivity contribution in [3.05, 3.63) is 5.56 Å². The fraction of sp³-hybridized carbons (Fsp3) is 0.600. The number of nitrogens with two attached hydrogens (primary N) is 1. The molecule has 9 heteroatoms. The molecule has 0 unspecified atom stereocenters. The molecule has 1 aromatic heterocycles. The maximum Gasteiger partial charge on any atom is 0.384 e. The van der Waals surface area contributed by atoms with Gasteiger partial charge in [-0.3, -0.25) is 4.57 Å². The molecule has 108 valence electrons. The van der Waals surface area contributed by atoms with E-state index in [1.807, 2.05) is 0 Å². The van der Waals surface area contributed by atoms with Crippen molar-refractivity contribution in [2.24, 2.45) is 0 Å². The Balaban J connectivity index is 3.25. The third-order valence-electron chi connectivity index (χ3n) is 2.04. The molecule has 0 amide bonds. The van der Waals surface area contributed by atoms with Crippen molar-refractivity contribution < 1.29 is 27.7 Å². The van der Waals surface area contributed by atoms with Gasteiger partial charge in [-0.1, -0.05) is 5.16 Å². The molecule has 0 bridgehead atoms. The summed E-state index contributed by atoms with van der Waals surface area (Å²) in [7, 11) is -3.75. The van der Waals surface area contributed by atoms with Crippen LogP contribution in [0.3, 0.4) is 0 Å². The van der Waals surface area contributed by atoms with E-state index >= 15 is 0 Å². The third-order valence-corrected chi connectivity index (χ3v) is 4.06. The molecular formula is C10H17N2O6P. The summed E-state index contributed by atoms with van der Waals surface area (Å²) in [5, 5.41) is 3.51. The summed E-state index contributed by atoms with van der Waals surface area (Å²) in [5.41, 5.74) is 5.03. The number of aromatic nitrogens is 1. The maximum absolute atomic E-state index is 12.5. The van der Waals surface area contributed by atoms with Gasteiger partial charge in [-0.15, -0.1) is 0 Å². The smallest absolute Gasteiger partial charge is 0.384 e. The van der Waals surface area contributed by atoms with Gasteiger partial charge >= 0.3 is 13.6 Å². The molecule has 0 aliphatic rings. The lowest BCUT2D eigenvalue weighted by molar-refractivity contribution is 0.0528. The van der Waals surface area contributed by atoms with E-state index in [-0.39, 0.29) is 36.7 Å². The predicted octanol–water partition coefficient (Wildman–Crippen LogP) is 1.32. The highest BCUT2D eigenvalue weighted by Gasteiger charge is 2.38. The van der Waals surface area contributed by atoms with Crippen molar-refractivity contribution in [2.45, 2.75) is 20.8 Å². The van der Waals surface area contributed by atoms with Crippen molar-refractivity contribution in [3.8, 4) is 0 Å². The highest BCUT2D eigenvalue weighted by Crippen LogP contribution is 2.47. The zero-order chi connectivity index (χ0) is 14.5. The van der Waals surface area contributed by atoms with Crippen LogP contribution >= 0.6 is 7.60 Å². The second-order valence-corrected chi connectivity index (χ2v) is 5.23. The minimum Gasteiger partial charge on any atom is -0.462 e. The van der Waals surface area contributed by atoms with E-state index in [1.54, 1.807) is 20.8 Å². The molecule has 1 heterocycles. The van der Waals surface area contributed by atoms with Crippen LogP contribution in [0.4, 0.5) is 5.88 Å². The van der Waals surface area contributed by atoms with E-state index in [9.17, 15) is 9.36 Å². The minimum absolute atomic E-state index is 0.117. The van der Waals surface area contributed by atoms with Crippen LogP contribution in [0.25, 0.3) is 0 Å². The van der Waals surface area contributed by atoms with E-state index < -0.39 is 13.6 Å². The van der Waals surface area contributed by atoms with Gasteiger partial charge in [0.2, 0.25) is 11.3 Å². The van der Waals surface area contributed by atoms with Gasteiger partial charge in [-0.05, 0) is 20.8 Å². The fourth-order valence-electron chi connectivity index (χ4n) is 1.38. The Morgan fingerprint density at radius 3 is 2.32 bits per heavy atom. The molecule has 1 rings (SSSR count). The first-order chi connectivity index (χ1) is 9.00. The molecule has 0 spiro atoms. The number of hydrogen-bond donors (Lipinski definition) is 1. The number of carbonyl (C=O) groups is 1. The third kappa shape index (κ3) is 3.34. The molecule has 0 aliphatic carbocycles. The molecular weight excluding hydrogens is 275 g/mol. The fourth-order valence-corrected chi connectivity index (χ4v) is 2.99. The highest BCUT2D eigenvalue weighted by molar-refractivity contribution is 7.62. The maximum atomic E-state index is 12.5. The summed E-state index contributed by atoms with van der Waals surface area (Å²) in [5.74, 6) is -1.07. The number of rotatable bonds is 7. The van der Waals surface area contributed by atoms with E-state index in [4.69, 9.17) is 24.0 Å². The summed E-state index contributed by atoms with van der Waals surface area (Å²) in [6.45, 7) is 5.28. The molecule has 19 heavy (non-hydrogen) atoms. The molecule has 2 N–H and O–H groups in total. The average molecular weight is 292 g/mol. The van der Waals surface area contributed by atoms with Gasteiger partial charge in [0, 0.05) is 0 Å². The standard InChI is InChI=1S/C10H17N2O6P/c1-4-15-10(13)7-8(11)18-12-9(7)19(14,16-5-2)17-6-3/h4-6,11H2,1-3H3. The van der Waals surface area contributed by atoms with E-state index in [1.165, 1.54) is 0 Å². The van der Waals surface area contributed by atoms with Gasteiger partial charge in [0.25, 0.3) is 0 Å². The van der Waals surface area contributed by atoms with Gasteiger partial charge in [-0.25, -0.2) is 4.79 Å². The van der Waals surface area contributed by atoms with Crippen molar-refractivity contribution in [2.75, 3.05) is 25.6 Å². The van der Waals surface area contributed by atoms with Crippen LogP contribution in [0, 0.1) is 0 Å². The first-order valence-electron chi connectivity index (χ1n) is 5.82. The summed E-state index contributed by atoms with van der Waals surface area (Å²) in [4.78, 5) is 11.8. The molecule has 0 radical (unpaired) electrons. The normalized spacial score (nSPS) is 11.5. The van der Waals surface area contributed by atoms with E-state index in [0.29, 0.717) is 0 Å². The predicted molar refractivity (Wildman–Crippen MR) is 67.4 cm³/mol. The van der Waals surface area contributed by atoms with Crippen LogP contribution in [0.5, 0.6) is 0 Å². The summed E-state index contributed by atoms with van der Waals surface area (Å²) < 4.78 is 32.2. The topological polar surface area (TPSA) is 114 Å². The van der Waals surface area contributed by atoms with Crippen molar-refractivity contribution >= 4 is 24.9 Å². The van der Waals surface area contributed by atoms with Crippen LogP contribution in [-0.4, -0.2) is 30.9 Å². The molecule has 0 fully saturated rings. The zero-order valence-corrected chi connectivity index (χ0v) is 11.9. The summed E-state index contributed by atoms with van der Waals surface area (Å²) in [6.07, 6.45) is 0. The van der Waals surface area contributed by atoms with Gasteiger partial charge < -0.3 is 24.0 Å². The van der Waals surface area contributed by atoms with Crippen molar-refractivity contribution in [1.82, 2.24) is 5.16 Å². The lowest BCUT2D eigenvalue weighted by Crippen LogP contribution is -2.21. The molecule has 8 nitrogen and oxygen atoms in total. The van der Waals surface area contributed by atoms with E-state index in [2.05, 4.69) is 5.16 Å². The quantitative estimate of drug-likeness (QED) is 0.591. The number of ether oxygens (including phenoxy) is 1. The van der Waals surface area contributed by atoms with Crippen LogP contribution in [0.1, 0.15) is 31.1 Å². The molecule has 0 aromatic carbocycles. The summed E-state index contributed by atoms with van der Waals surface area (Å²) in [6, 6.07) is 0. The number of anilines is 1. The lowest BCUT2D eigenvalue weighted by atomic mass is 10.3. The number of nitrogen functional groups attached to an aromatic ring is 1. The van der Waals surface area contributed by atoms with Crippen LogP contribution in [-0.2, 0) is 18.3 Å². The molecule has 0 atom stereocenters. The lowest BCUT2D eigenvalue weighted by Gasteiger charge is -2.14. The summed E-state index contributed by atoms with van der Waals surface area (Å²) >= 11 is 0. The molecule has 1 aromatic rings. The molecule has 0 saturated heterocycles. The SMILES string of the molecule is CCOC(=O)c1c(P(=O)(OCC)OCC)noc1N. The first-order valence-corrected chi connectivity index (χ1v) is 7.36. The second-order valence-electron chi connectivity index (χ2n) is 3.30. The number of esters is 1. The van der Waals surface area contributed by atoms with Crippen molar-refractivity contribution in [1.29, 1.82) is 0 Å². The van der Waals surface area contributed by atoms with Crippen LogP contribution in [0.2, 0.25) is 0 Å². The number of carbonyl (C=O) groups excluding carboxylic acids is 1. The van der Waals surface area contributed by atoms with Gasteiger partial charge in [0.05, 0.1) is 19.8 Å². The first kappa shape index (κ1) is 15.7. The number of nitrogens with zero attached hydrogens (tertiary/aromatic N) is 1. The average Bonchev–Trinajstić information content (AvgIpc) is 2.73. The largest absolute Gasteiger partial charge is 0.462 e. The van der Waals surface area contributed by atoms with E-state index in [0.717, 1.165) is 0 Å². The Kier molecular flexibility index (Phi) is 5.53. The van der Waals surface area contributed by atoms with Gasteiger partial charge in [-0.2, -0.15) is 0 Å².